The molecule has 10 heteroatoms. The summed E-state index contributed by atoms with van der Waals surface area (Å²) in [4.78, 5) is 28.5. The molecule has 37 heavy (non-hydrogen) atoms. The summed E-state index contributed by atoms with van der Waals surface area (Å²) in [5, 5.41) is 9.05. The third-order valence-electron chi connectivity index (χ3n) is 5.83. The summed E-state index contributed by atoms with van der Waals surface area (Å²) in [6.45, 7) is 5.55. The van der Waals surface area contributed by atoms with Crippen molar-refractivity contribution in [1.82, 2.24) is 14.7 Å². The number of anilines is 3. The number of para-hydroxylation sites is 1. The fourth-order valence-corrected chi connectivity index (χ4v) is 4.20. The lowest BCUT2D eigenvalue weighted by atomic mass is 10.0. The first kappa shape index (κ1) is 25.6. The summed E-state index contributed by atoms with van der Waals surface area (Å²) < 4.78 is 21.8. The van der Waals surface area contributed by atoms with Crippen LogP contribution in [0, 0.1) is 26.6 Å². The second-order valence-corrected chi connectivity index (χ2v) is 8.78. The molecule has 2 amide bonds. The van der Waals surface area contributed by atoms with Gasteiger partial charge in [-0.3, -0.25) is 14.0 Å². The molecule has 0 radical (unpaired) electrons. The quantitative estimate of drug-likeness (QED) is 0.275. The van der Waals surface area contributed by atoms with E-state index in [2.05, 4.69) is 16.0 Å². The molecule has 192 valence electrons. The molecule has 0 aliphatic carbocycles. The summed E-state index contributed by atoms with van der Waals surface area (Å²) in [7, 11) is 1.67. The first-order valence-electron chi connectivity index (χ1n) is 11.7. The summed E-state index contributed by atoms with van der Waals surface area (Å²) in [6, 6.07) is 12.3. The van der Waals surface area contributed by atoms with Gasteiger partial charge in [0.05, 0.1) is 6.54 Å². The number of primary amides is 1. The average molecular weight is 505 g/mol. The van der Waals surface area contributed by atoms with Gasteiger partial charge in [-0.25, -0.2) is 9.37 Å². The van der Waals surface area contributed by atoms with Crippen LogP contribution in [0.5, 0.6) is 5.75 Å². The largest absolute Gasteiger partial charge is 0.483 e. The Hall–Kier alpha value is -4.44. The predicted molar refractivity (Wildman–Crippen MR) is 142 cm³/mol. The Labute approximate surface area is 213 Å². The molecule has 0 aliphatic heterocycles. The number of aryl methyl sites for hydroxylation is 3. The number of nitrogens with zero attached hydrogens (tertiary/aromatic N) is 2. The highest BCUT2D eigenvalue weighted by Gasteiger charge is 2.23. The minimum Gasteiger partial charge on any atom is -0.483 e. The second kappa shape index (κ2) is 10.7. The van der Waals surface area contributed by atoms with E-state index in [0.29, 0.717) is 34.2 Å². The first-order valence-corrected chi connectivity index (χ1v) is 11.7. The van der Waals surface area contributed by atoms with E-state index in [-0.39, 0.29) is 19.1 Å². The number of pyridine rings is 1. The van der Waals surface area contributed by atoms with Crippen LogP contribution in [0.15, 0.2) is 48.7 Å². The molecule has 0 saturated carbocycles. The van der Waals surface area contributed by atoms with Crippen molar-refractivity contribution >= 4 is 34.7 Å². The van der Waals surface area contributed by atoms with E-state index in [4.69, 9.17) is 15.5 Å². The Morgan fingerprint density at radius 3 is 2.49 bits per heavy atom. The maximum atomic E-state index is 14.3. The van der Waals surface area contributed by atoms with Gasteiger partial charge in [-0.2, -0.15) is 0 Å². The van der Waals surface area contributed by atoms with E-state index in [1.54, 1.807) is 29.6 Å². The van der Waals surface area contributed by atoms with E-state index >= 15 is 0 Å². The SMILES string of the molecule is CNCC(=O)Nc1cc(C)c(-c2nc3ccc(F)cn3c2Nc2c(C)cccc2C)c(OCC(N)=O)c1. The zero-order chi connectivity index (χ0) is 26.7. The summed E-state index contributed by atoms with van der Waals surface area (Å²) >= 11 is 0. The van der Waals surface area contributed by atoms with Crippen LogP contribution in [0.1, 0.15) is 16.7 Å². The Bertz CT molecular complexity index is 1480. The molecular weight excluding hydrogens is 475 g/mol. The highest BCUT2D eigenvalue weighted by molar-refractivity contribution is 5.94. The van der Waals surface area contributed by atoms with Crippen molar-refractivity contribution in [2.45, 2.75) is 20.8 Å². The number of nitrogens with one attached hydrogen (secondary N) is 3. The van der Waals surface area contributed by atoms with Crippen LogP contribution in [-0.4, -0.2) is 41.4 Å². The highest BCUT2D eigenvalue weighted by Crippen LogP contribution is 2.41. The van der Waals surface area contributed by atoms with Crippen molar-refractivity contribution in [2.75, 3.05) is 30.8 Å². The maximum absolute atomic E-state index is 14.3. The number of aromatic nitrogens is 2. The number of fused-ring (bicyclic) bond motifs is 1. The lowest BCUT2D eigenvalue weighted by Crippen LogP contribution is -2.25. The number of amides is 2. The molecule has 2 aromatic heterocycles. The molecule has 0 fully saturated rings. The molecule has 0 saturated heterocycles. The van der Waals surface area contributed by atoms with Crippen LogP contribution < -0.4 is 26.4 Å². The summed E-state index contributed by atoms with van der Waals surface area (Å²) in [5.41, 5.74) is 11.0. The molecule has 4 aromatic rings. The van der Waals surface area contributed by atoms with E-state index < -0.39 is 11.7 Å². The van der Waals surface area contributed by atoms with E-state index in [1.165, 1.54) is 12.3 Å². The maximum Gasteiger partial charge on any atom is 0.255 e. The Morgan fingerprint density at radius 1 is 1.08 bits per heavy atom. The van der Waals surface area contributed by atoms with Gasteiger partial charge in [0.25, 0.3) is 5.91 Å². The number of hydrogen-bond donors (Lipinski definition) is 4. The Balaban J connectivity index is 1.93. The van der Waals surface area contributed by atoms with Gasteiger partial charge in [0.15, 0.2) is 6.61 Å². The number of ether oxygens (including phenoxy) is 1. The molecule has 0 spiro atoms. The van der Waals surface area contributed by atoms with Crippen molar-refractivity contribution in [3.8, 4) is 17.0 Å². The minimum absolute atomic E-state index is 0.125. The fraction of sp³-hybridized carbons (Fsp3) is 0.222. The van der Waals surface area contributed by atoms with Crippen LogP contribution in [0.4, 0.5) is 21.6 Å². The van der Waals surface area contributed by atoms with Crippen LogP contribution in [0.3, 0.4) is 0 Å². The third kappa shape index (κ3) is 5.54. The average Bonchev–Trinajstić information content (AvgIpc) is 3.16. The van der Waals surface area contributed by atoms with Crippen molar-refractivity contribution in [3.05, 3.63) is 71.2 Å². The number of likely N-dealkylation sites (N-methyl/N-ethyl adjacent to an activating group) is 1. The van der Waals surface area contributed by atoms with Crippen LogP contribution in [-0.2, 0) is 9.59 Å². The first-order chi connectivity index (χ1) is 17.7. The predicted octanol–water partition coefficient (Wildman–Crippen LogP) is 3.83. The van der Waals surface area contributed by atoms with Gasteiger partial charge in [-0.1, -0.05) is 18.2 Å². The van der Waals surface area contributed by atoms with Crippen LogP contribution in [0.25, 0.3) is 16.9 Å². The van der Waals surface area contributed by atoms with Crippen molar-refractivity contribution in [1.29, 1.82) is 0 Å². The second-order valence-electron chi connectivity index (χ2n) is 8.78. The Morgan fingerprint density at radius 2 is 1.81 bits per heavy atom. The highest BCUT2D eigenvalue weighted by atomic mass is 19.1. The number of hydrogen-bond acceptors (Lipinski definition) is 6. The molecule has 0 unspecified atom stereocenters. The summed E-state index contributed by atoms with van der Waals surface area (Å²) in [6.07, 6.45) is 1.35. The number of nitrogens with two attached hydrogens (primary N) is 1. The van der Waals surface area contributed by atoms with Gasteiger partial charge in [0, 0.05) is 29.2 Å². The molecule has 9 nitrogen and oxygen atoms in total. The molecule has 0 aliphatic rings. The molecule has 5 N–H and O–H groups in total. The van der Waals surface area contributed by atoms with Gasteiger partial charge in [0.2, 0.25) is 5.91 Å². The molecule has 4 rings (SSSR count). The molecule has 0 bridgehead atoms. The number of benzene rings is 2. The molecule has 2 heterocycles. The number of carbonyl (C=O) groups excluding carboxylic acids is 2. The molecular formula is C27H29FN6O3. The van der Waals surface area contributed by atoms with Gasteiger partial charge < -0.3 is 26.4 Å². The number of rotatable bonds is 9. The third-order valence-corrected chi connectivity index (χ3v) is 5.83. The molecule has 0 atom stereocenters. The van der Waals surface area contributed by atoms with E-state index in [0.717, 1.165) is 22.4 Å². The van der Waals surface area contributed by atoms with Crippen molar-refractivity contribution in [2.24, 2.45) is 5.73 Å². The minimum atomic E-state index is -0.654. The van der Waals surface area contributed by atoms with E-state index in [9.17, 15) is 14.0 Å². The zero-order valence-electron chi connectivity index (χ0n) is 21.1. The topological polar surface area (TPSA) is 123 Å². The monoisotopic (exact) mass is 504 g/mol. The smallest absolute Gasteiger partial charge is 0.255 e. The normalized spacial score (nSPS) is 10.9. The van der Waals surface area contributed by atoms with Gasteiger partial charge >= 0.3 is 0 Å². The van der Waals surface area contributed by atoms with Gasteiger partial charge in [-0.15, -0.1) is 0 Å². The van der Waals surface area contributed by atoms with Gasteiger partial charge in [-0.05, 0) is 62.7 Å². The fourth-order valence-electron chi connectivity index (χ4n) is 4.20. The van der Waals surface area contributed by atoms with Crippen molar-refractivity contribution < 1.29 is 18.7 Å². The zero-order valence-corrected chi connectivity index (χ0v) is 21.1. The lowest BCUT2D eigenvalue weighted by Gasteiger charge is -2.18. The van der Waals surface area contributed by atoms with Crippen molar-refractivity contribution in [3.63, 3.8) is 0 Å². The summed E-state index contributed by atoms with van der Waals surface area (Å²) in [5.74, 6) is -0.501. The number of halogens is 1. The number of carbonyl (C=O) groups is 2. The molecule has 2 aromatic carbocycles. The van der Waals surface area contributed by atoms with E-state index in [1.807, 2.05) is 39.0 Å². The van der Waals surface area contributed by atoms with Crippen LogP contribution >= 0.6 is 0 Å². The number of imidazole rings is 1. The van der Waals surface area contributed by atoms with Gasteiger partial charge in [0.1, 0.15) is 28.7 Å². The lowest BCUT2D eigenvalue weighted by molar-refractivity contribution is -0.120. The standard InChI is InChI=1S/C27H29FN6O3/c1-15-6-5-7-16(2)25(15)33-27-26(32-22-9-8-18(28)13-34(22)27)24-17(3)10-19(31-23(36)12-30-4)11-20(24)37-14-21(29)35/h5-11,13,30,33H,12,14H2,1-4H3,(H2,29,35)(H,31,36). The van der Waals surface area contributed by atoms with Crippen LogP contribution in [0.2, 0.25) is 0 Å². The Kier molecular flexibility index (Phi) is 7.40.